The molecule has 4 rings (SSSR count). The van der Waals surface area contributed by atoms with E-state index in [1.165, 1.54) is 13.2 Å². The number of rotatable bonds is 7. The van der Waals surface area contributed by atoms with Crippen molar-refractivity contribution in [2.24, 2.45) is 0 Å². The van der Waals surface area contributed by atoms with Crippen LogP contribution in [0.4, 0.5) is 4.79 Å². The maximum atomic E-state index is 12.3. The van der Waals surface area contributed by atoms with Gasteiger partial charge in [-0.1, -0.05) is 60.7 Å². The molecule has 1 aliphatic carbocycles. The number of amides is 1. The lowest BCUT2D eigenvalue weighted by Gasteiger charge is -2.20. The number of aliphatic hydroxyl groups is 2. The second-order valence-electron chi connectivity index (χ2n) is 7.75. The summed E-state index contributed by atoms with van der Waals surface area (Å²) in [6.45, 7) is -0.104. The number of nitrogens with zero attached hydrogens (tertiary/aromatic N) is 1. The standard InChI is InChI=1S/C26H24N2O5/c1-32-24-12-6-11-20(21(24)13-27)25(30)23(29)14-28-26(31)33-15-22-18-9-4-2-7-16(18)17-8-3-5-10-19(17)22/h2-12,22-23,25,29-30H,14-15H2,1H3,(H,28,31). The molecule has 0 fully saturated rings. The predicted molar refractivity (Wildman–Crippen MR) is 122 cm³/mol. The van der Waals surface area contributed by atoms with Crippen LogP contribution < -0.4 is 10.1 Å². The Morgan fingerprint density at radius 3 is 2.27 bits per heavy atom. The van der Waals surface area contributed by atoms with Crippen molar-refractivity contribution in [3.8, 4) is 22.9 Å². The third-order valence-electron chi connectivity index (χ3n) is 5.87. The maximum Gasteiger partial charge on any atom is 0.407 e. The van der Waals surface area contributed by atoms with E-state index in [1.807, 2.05) is 42.5 Å². The van der Waals surface area contributed by atoms with Gasteiger partial charge >= 0.3 is 6.09 Å². The molecule has 0 bridgehead atoms. The molecule has 168 valence electrons. The van der Waals surface area contributed by atoms with Crippen molar-refractivity contribution in [1.82, 2.24) is 5.32 Å². The maximum absolute atomic E-state index is 12.3. The third kappa shape index (κ3) is 4.40. The Balaban J connectivity index is 1.37. The zero-order chi connectivity index (χ0) is 23.4. The van der Waals surface area contributed by atoms with Crippen molar-refractivity contribution in [3.63, 3.8) is 0 Å². The van der Waals surface area contributed by atoms with E-state index in [4.69, 9.17) is 9.47 Å². The summed E-state index contributed by atoms with van der Waals surface area (Å²) in [5.74, 6) is 0.222. The lowest BCUT2D eigenvalue weighted by atomic mass is 9.98. The number of alkyl carbamates (subject to hydrolysis) is 1. The molecular weight excluding hydrogens is 420 g/mol. The van der Waals surface area contributed by atoms with Gasteiger partial charge in [0.25, 0.3) is 0 Å². The monoisotopic (exact) mass is 444 g/mol. The molecule has 0 saturated heterocycles. The number of carbonyl (C=O) groups excluding carboxylic acids is 1. The van der Waals surface area contributed by atoms with Gasteiger partial charge in [-0.25, -0.2) is 4.79 Å². The van der Waals surface area contributed by atoms with E-state index < -0.39 is 18.3 Å². The van der Waals surface area contributed by atoms with Crippen LogP contribution in [0.5, 0.6) is 5.75 Å². The number of methoxy groups -OCH3 is 1. The molecule has 0 aromatic heterocycles. The minimum absolute atomic E-state index is 0.0753. The molecule has 0 spiro atoms. The van der Waals surface area contributed by atoms with Gasteiger partial charge < -0.3 is 25.0 Å². The first-order chi connectivity index (χ1) is 16.0. The third-order valence-corrected chi connectivity index (χ3v) is 5.87. The smallest absolute Gasteiger partial charge is 0.407 e. The number of aliphatic hydroxyl groups excluding tert-OH is 2. The second-order valence-corrected chi connectivity index (χ2v) is 7.75. The molecule has 2 unspecified atom stereocenters. The molecule has 0 heterocycles. The highest BCUT2D eigenvalue weighted by Gasteiger charge is 2.29. The minimum Gasteiger partial charge on any atom is -0.495 e. The fourth-order valence-electron chi connectivity index (χ4n) is 4.24. The van der Waals surface area contributed by atoms with Gasteiger partial charge in [-0.05, 0) is 28.3 Å². The Morgan fingerprint density at radius 1 is 1.03 bits per heavy atom. The van der Waals surface area contributed by atoms with Gasteiger partial charge in [0.05, 0.1) is 12.7 Å². The fraction of sp³-hybridized carbons (Fsp3) is 0.231. The number of hydrogen-bond donors (Lipinski definition) is 3. The van der Waals surface area contributed by atoms with Crippen LogP contribution in [-0.2, 0) is 4.74 Å². The summed E-state index contributed by atoms with van der Waals surface area (Å²) < 4.78 is 10.6. The molecule has 2 atom stereocenters. The van der Waals surface area contributed by atoms with Gasteiger partial charge in [-0.3, -0.25) is 0 Å². The summed E-state index contributed by atoms with van der Waals surface area (Å²) in [4.78, 5) is 12.3. The number of fused-ring (bicyclic) bond motifs is 3. The molecular formula is C26H24N2O5. The minimum atomic E-state index is -1.39. The van der Waals surface area contributed by atoms with Crippen LogP contribution in [-0.4, -0.2) is 42.7 Å². The van der Waals surface area contributed by atoms with Gasteiger partial charge in [0.1, 0.15) is 30.6 Å². The second kappa shape index (κ2) is 9.74. The molecule has 33 heavy (non-hydrogen) atoms. The average Bonchev–Trinajstić information content (AvgIpc) is 3.18. The molecule has 7 heteroatoms. The van der Waals surface area contributed by atoms with Gasteiger partial charge in [-0.2, -0.15) is 5.26 Å². The normalized spacial score (nSPS) is 13.9. The summed E-state index contributed by atoms with van der Waals surface area (Å²) in [5.41, 5.74) is 4.82. The van der Waals surface area contributed by atoms with Crippen LogP contribution in [0.3, 0.4) is 0 Å². The van der Waals surface area contributed by atoms with E-state index in [9.17, 15) is 20.3 Å². The van der Waals surface area contributed by atoms with Crippen molar-refractivity contribution >= 4 is 6.09 Å². The molecule has 0 saturated carbocycles. The summed E-state index contributed by atoms with van der Waals surface area (Å²) >= 11 is 0. The number of benzene rings is 3. The molecule has 1 aliphatic rings. The zero-order valence-corrected chi connectivity index (χ0v) is 18.1. The Hall–Kier alpha value is -3.86. The first-order valence-electron chi connectivity index (χ1n) is 10.6. The predicted octanol–water partition coefficient (Wildman–Crippen LogP) is 3.50. The van der Waals surface area contributed by atoms with Gasteiger partial charge in [-0.15, -0.1) is 0 Å². The van der Waals surface area contributed by atoms with Crippen LogP contribution in [0, 0.1) is 11.3 Å². The van der Waals surface area contributed by atoms with Crippen molar-refractivity contribution in [1.29, 1.82) is 5.26 Å². The molecule has 1 amide bonds. The Bertz CT molecular complexity index is 1160. The van der Waals surface area contributed by atoms with Crippen molar-refractivity contribution < 1.29 is 24.5 Å². The van der Waals surface area contributed by atoms with E-state index in [0.717, 1.165) is 22.3 Å². The van der Waals surface area contributed by atoms with Crippen LogP contribution in [0.1, 0.15) is 34.3 Å². The van der Waals surface area contributed by atoms with Crippen LogP contribution in [0.15, 0.2) is 66.7 Å². The molecule has 7 nitrogen and oxygen atoms in total. The molecule has 3 aromatic carbocycles. The fourth-order valence-corrected chi connectivity index (χ4v) is 4.24. The van der Waals surface area contributed by atoms with Crippen molar-refractivity contribution in [3.05, 3.63) is 89.0 Å². The van der Waals surface area contributed by atoms with E-state index in [1.54, 1.807) is 12.1 Å². The summed E-state index contributed by atoms with van der Waals surface area (Å²) in [7, 11) is 1.42. The Kier molecular flexibility index (Phi) is 6.59. The van der Waals surface area contributed by atoms with Crippen molar-refractivity contribution in [2.75, 3.05) is 20.3 Å². The first kappa shape index (κ1) is 22.3. The first-order valence-corrected chi connectivity index (χ1v) is 10.6. The number of ether oxygens (including phenoxy) is 2. The van der Waals surface area contributed by atoms with E-state index in [0.29, 0.717) is 5.75 Å². The highest BCUT2D eigenvalue weighted by Crippen LogP contribution is 2.44. The highest BCUT2D eigenvalue weighted by molar-refractivity contribution is 5.79. The summed E-state index contributed by atoms with van der Waals surface area (Å²) in [6.07, 6.45) is -3.43. The number of carbonyl (C=O) groups is 1. The van der Waals surface area contributed by atoms with Gasteiger partial charge in [0, 0.05) is 18.0 Å². The molecule has 3 N–H and O–H groups in total. The zero-order valence-electron chi connectivity index (χ0n) is 18.1. The lowest BCUT2D eigenvalue weighted by molar-refractivity contribution is 0.0183. The average molecular weight is 444 g/mol. The molecule has 0 aliphatic heterocycles. The van der Waals surface area contributed by atoms with E-state index >= 15 is 0 Å². The lowest BCUT2D eigenvalue weighted by Crippen LogP contribution is -2.36. The Morgan fingerprint density at radius 2 is 1.67 bits per heavy atom. The number of nitrogens with one attached hydrogen (secondary N) is 1. The SMILES string of the molecule is COc1cccc(C(O)C(O)CNC(=O)OCC2c3ccccc3-c3ccccc32)c1C#N. The highest BCUT2D eigenvalue weighted by atomic mass is 16.5. The van der Waals surface area contributed by atoms with E-state index in [2.05, 4.69) is 17.4 Å². The van der Waals surface area contributed by atoms with Crippen LogP contribution in [0.25, 0.3) is 11.1 Å². The quantitative estimate of drug-likeness (QED) is 0.514. The summed E-state index contributed by atoms with van der Waals surface area (Å²) in [5, 5.41) is 32.7. The van der Waals surface area contributed by atoms with Gasteiger partial charge in [0.15, 0.2) is 0 Å². The van der Waals surface area contributed by atoms with Gasteiger partial charge in [0.2, 0.25) is 0 Å². The largest absolute Gasteiger partial charge is 0.495 e. The van der Waals surface area contributed by atoms with Crippen molar-refractivity contribution in [2.45, 2.75) is 18.1 Å². The number of hydrogen-bond acceptors (Lipinski definition) is 6. The van der Waals surface area contributed by atoms with Crippen LogP contribution >= 0.6 is 0 Å². The molecule has 3 aromatic rings. The topological polar surface area (TPSA) is 112 Å². The number of nitriles is 1. The summed E-state index contributed by atoms with van der Waals surface area (Å²) in [6, 6.07) is 22.8. The molecule has 0 radical (unpaired) electrons. The van der Waals surface area contributed by atoms with Crippen LogP contribution in [0.2, 0.25) is 0 Å². The van der Waals surface area contributed by atoms with E-state index in [-0.39, 0.29) is 30.2 Å². The Labute approximate surface area is 191 Å².